The van der Waals surface area contributed by atoms with Crippen LogP contribution in [-0.4, -0.2) is 36.6 Å². The van der Waals surface area contributed by atoms with E-state index in [2.05, 4.69) is 27.9 Å². The molecule has 1 fully saturated rings. The summed E-state index contributed by atoms with van der Waals surface area (Å²) < 4.78 is 0. The van der Waals surface area contributed by atoms with Gasteiger partial charge in [-0.3, -0.25) is 4.99 Å². The molecule has 1 aliphatic rings. The lowest BCUT2D eigenvalue weighted by Crippen LogP contribution is -2.44. The average molecular weight is 317 g/mol. The Morgan fingerprint density at radius 1 is 1.22 bits per heavy atom. The van der Waals surface area contributed by atoms with Crippen LogP contribution in [0.3, 0.4) is 0 Å². The van der Waals surface area contributed by atoms with Crippen LogP contribution in [0, 0.1) is 0 Å². The molecule has 0 radical (unpaired) electrons. The zero-order chi connectivity index (χ0) is 16.2. The smallest absolute Gasteiger partial charge is 0.191 e. The van der Waals surface area contributed by atoms with E-state index in [0.717, 1.165) is 44.3 Å². The van der Waals surface area contributed by atoms with Crippen molar-refractivity contribution in [3.8, 4) is 0 Å². The predicted octanol–water partition coefficient (Wildman–Crippen LogP) is 3.16. The summed E-state index contributed by atoms with van der Waals surface area (Å²) in [5, 5.41) is 10.3. The van der Waals surface area contributed by atoms with Crippen molar-refractivity contribution in [3.63, 3.8) is 0 Å². The van der Waals surface area contributed by atoms with Gasteiger partial charge in [0.05, 0.1) is 0 Å². The average Bonchev–Trinajstić information content (AvgIpc) is 2.60. The van der Waals surface area contributed by atoms with E-state index in [1.54, 1.807) is 0 Å². The Labute approximate surface area is 140 Å². The lowest BCUT2D eigenvalue weighted by Gasteiger charge is -2.24. The monoisotopic (exact) mass is 317 g/mol. The number of aliphatic imine (C=N–C) groups is 1. The Hall–Kier alpha value is -1.78. The number of unbranched alkanes of at least 4 members (excludes halogenated alkanes) is 1. The van der Waals surface area contributed by atoms with Gasteiger partial charge in [0.15, 0.2) is 5.96 Å². The number of nitrogens with zero attached hydrogens (tertiary/aromatic N) is 2. The van der Waals surface area contributed by atoms with Gasteiger partial charge in [-0.05, 0) is 44.7 Å². The molecule has 1 aromatic rings. The van der Waals surface area contributed by atoms with Crippen molar-refractivity contribution in [2.45, 2.75) is 57.9 Å². The van der Waals surface area contributed by atoms with Crippen molar-refractivity contribution in [3.05, 3.63) is 24.4 Å². The van der Waals surface area contributed by atoms with Gasteiger partial charge < -0.3 is 16.0 Å². The number of hydrogen-bond acceptors (Lipinski definition) is 3. The van der Waals surface area contributed by atoms with E-state index in [1.165, 1.54) is 32.1 Å². The summed E-state index contributed by atoms with van der Waals surface area (Å²) in [5.74, 6) is 1.93. The minimum atomic E-state index is 0.604. The van der Waals surface area contributed by atoms with Crippen molar-refractivity contribution in [1.29, 1.82) is 0 Å². The molecule has 0 bridgehead atoms. The fourth-order valence-electron chi connectivity index (χ4n) is 2.87. The molecule has 5 heteroatoms. The molecule has 2 rings (SSSR count). The summed E-state index contributed by atoms with van der Waals surface area (Å²) in [5.41, 5.74) is 0. The maximum Gasteiger partial charge on any atom is 0.191 e. The number of pyridine rings is 1. The second-order valence-electron chi connectivity index (χ2n) is 6.09. The lowest BCUT2D eigenvalue weighted by molar-refractivity contribution is 0.410. The molecule has 0 aliphatic heterocycles. The number of anilines is 1. The van der Waals surface area contributed by atoms with E-state index >= 15 is 0 Å². The Balaban J connectivity index is 1.62. The topological polar surface area (TPSA) is 61.3 Å². The first kappa shape index (κ1) is 17.6. The normalized spacial score (nSPS) is 16.1. The highest BCUT2D eigenvalue weighted by molar-refractivity contribution is 5.80. The minimum absolute atomic E-state index is 0.604. The third kappa shape index (κ3) is 7.35. The van der Waals surface area contributed by atoms with Crippen LogP contribution in [0.4, 0.5) is 5.82 Å². The predicted molar refractivity (Wildman–Crippen MR) is 97.9 cm³/mol. The van der Waals surface area contributed by atoms with Gasteiger partial charge in [-0.2, -0.15) is 0 Å². The molecule has 0 spiro atoms. The molecule has 0 aromatic carbocycles. The van der Waals surface area contributed by atoms with E-state index < -0.39 is 0 Å². The maximum atomic E-state index is 4.70. The number of hydrogen-bond donors (Lipinski definition) is 3. The van der Waals surface area contributed by atoms with E-state index in [4.69, 9.17) is 4.99 Å². The highest BCUT2D eigenvalue weighted by Gasteiger charge is 2.14. The Kier molecular flexibility index (Phi) is 8.30. The molecular weight excluding hydrogens is 286 g/mol. The Morgan fingerprint density at radius 3 is 2.83 bits per heavy atom. The summed E-state index contributed by atoms with van der Waals surface area (Å²) in [7, 11) is 0. The molecule has 1 saturated carbocycles. The fraction of sp³-hybridized carbons (Fsp3) is 0.667. The summed E-state index contributed by atoms with van der Waals surface area (Å²) in [6.45, 7) is 4.85. The SMILES string of the molecule is CCNC(=NCCCCNc1ccccn1)NC1CCCCC1. The molecule has 5 nitrogen and oxygen atoms in total. The standard InChI is InChI=1S/C18H31N5/c1-2-19-18(23-16-10-4-3-5-11-16)22-15-9-8-14-21-17-12-6-7-13-20-17/h6-7,12-13,16H,2-5,8-11,14-15H2,1H3,(H,20,21)(H2,19,22,23). The van der Waals surface area contributed by atoms with Crippen LogP contribution in [0.15, 0.2) is 29.4 Å². The third-order valence-corrected chi connectivity index (χ3v) is 4.12. The van der Waals surface area contributed by atoms with Gasteiger partial charge in [0.25, 0.3) is 0 Å². The summed E-state index contributed by atoms with van der Waals surface area (Å²) in [6.07, 6.45) is 10.6. The number of nitrogens with one attached hydrogen (secondary N) is 3. The van der Waals surface area contributed by atoms with Gasteiger partial charge in [-0.25, -0.2) is 4.98 Å². The van der Waals surface area contributed by atoms with Crippen molar-refractivity contribution in [1.82, 2.24) is 15.6 Å². The molecule has 3 N–H and O–H groups in total. The van der Waals surface area contributed by atoms with Gasteiger partial charge in [-0.15, -0.1) is 0 Å². The van der Waals surface area contributed by atoms with Gasteiger partial charge >= 0.3 is 0 Å². The molecular formula is C18H31N5. The van der Waals surface area contributed by atoms with Crippen LogP contribution in [0.25, 0.3) is 0 Å². The van der Waals surface area contributed by atoms with Crippen molar-refractivity contribution in [2.24, 2.45) is 4.99 Å². The highest BCUT2D eigenvalue weighted by Crippen LogP contribution is 2.17. The summed E-state index contributed by atoms with van der Waals surface area (Å²) in [4.78, 5) is 8.96. The molecule has 23 heavy (non-hydrogen) atoms. The van der Waals surface area contributed by atoms with Crippen LogP contribution in [0.2, 0.25) is 0 Å². The zero-order valence-corrected chi connectivity index (χ0v) is 14.4. The second kappa shape index (κ2) is 10.9. The van der Waals surface area contributed by atoms with Crippen LogP contribution in [-0.2, 0) is 0 Å². The van der Waals surface area contributed by atoms with E-state index in [-0.39, 0.29) is 0 Å². The molecule has 1 aliphatic carbocycles. The zero-order valence-electron chi connectivity index (χ0n) is 14.4. The number of guanidine groups is 1. The Bertz CT molecular complexity index is 440. The first-order valence-corrected chi connectivity index (χ1v) is 9.08. The third-order valence-electron chi connectivity index (χ3n) is 4.12. The number of rotatable bonds is 8. The van der Waals surface area contributed by atoms with Crippen molar-refractivity contribution >= 4 is 11.8 Å². The van der Waals surface area contributed by atoms with Crippen LogP contribution >= 0.6 is 0 Å². The largest absolute Gasteiger partial charge is 0.370 e. The molecule has 128 valence electrons. The van der Waals surface area contributed by atoms with Gasteiger partial charge in [-0.1, -0.05) is 25.3 Å². The van der Waals surface area contributed by atoms with Crippen LogP contribution < -0.4 is 16.0 Å². The maximum absolute atomic E-state index is 4.70. The molecule has 0 saturated heterocycles. The second-order valence-corrected chi connectivity index (χ2v) is 6.09. The fourth-order valence-corrected chi connectivity index (χ4v) is 2.87. The first-order chi connectivity index (χ1) is 11.4. The summed E-state index contributed by atoms with van der Waals surface area (Å²) >= 11 is 0. The van der Waals surface area contributed by atoms with Crippen molar-refractivity contribution in [2.75, 3.05) is 25.0 Å². The molecule has 0 atom stereocenters. The van der Waals surface area contributed by atoms with Crippen LogP contribution in [0.5, 0.6) is 0 Å². The molecule has 0 unspecified atom stereocenters. The highest BCUT2D eigenvalue weighted by atomic mass is 15.2. The molecule has 1 heterocycles. The van der Waals surface area contributed by atoms with Gasteiger partial charge in [0.2, 0.25) is 0 Å². The van der Waals surface area contributed by atoms with E-state index in [0.29, 0.717) is 6.04 Å². The van der Waals surface area contributed by atoms with Gasteiger partial charge in [0.1, 0.15) is 5.82 Å². The first-order valence-electron chi connectivity index (χ1n) is 9.08. The molecule has 0 amide bonds. The lowest BCUT2D eigenvalue weighted by atomic mass is 9.96. The van der Waals surface area contributed by atoms with E-state index in [1.807, 2.05) is 24.4 Å². The van der Waals surface area contributed by atoms with E-state index in [9.17, 15) is 0 Å². The number of aromatic nitrogens is 1. The Morgan fingerprint density at radius 2 is 2.09 bits per heavy atom. The van der Waals surface area contributed by atoms with Crippen LogP contribution in [0.1, 0.15) is 51.9 Å². The van der Waals surface area contributed by atoms with Crippen molar-refractivity contribution < 1.29 is 0 Å². The minimum Gasteiger partial charge on any atom is -0.370 e. The molecule has 1 aromatic heterocycles. The quantitative estimate of drug-likeness (QED) is 0.391. The summed E-state index contributed by atoms with van der Waals surface area (Å²) in [6, 6.07) is 6.53. The van der Waals surface area contributed by atoms with Gasteiger partial charge in [0, 0.05) is 31.9 Å².